The Bertz CT molecular complexity index is 1380. The van der Waals surface area contributed by atoms with Crippen molar-refractivity contribution >= 4 is 5.69 Å². The molecule has 1 aliphatic carbocycles. The van der Waals surface area contributed by atoms with Crippen molar-refractivity contribution in [2.45, 2.75) is 50.6 Å². The molecule has 2 heterocycles. The molecule has 1 N–H and O–H groups in total. The van der Waals surface area contributed by atoms with Gasteiger partial charge in [-0.2, -0.15) is 0 Å². The van der Waals surface area contributed by atoms with Gasteiger partial charge in [0.25, 0.3) is 0 Å². The molecule has 2 aliphatic heterocycles. The number of rotatable bonds is 9. The van der Waals surface area contributed by atoms with Crippen LogP contribution < -0.4 is 19.1 Å². The summed E-state index contributed by atoms with van der Waals surface area (Å²) in [6, 6.07) is 18.5. The molecule has 2 fully saturated rings. The number of fused-ring (bicyclic) bond motifs is 1. The third-order valence-electron chi connectivity index (χ3n) is 9.49. The van der Waals surface area contributed by atoms with Gasteiger partial charge in [0, 0.05) is 62.9 Å². The predicted octanol–water partition coefficient (Wildman–Crippen LogP) is 6.05. The third-order valence-corrected chi connectivity index (χ3v) is 9.49. The number of piperidine rings is 1. The summed E-state index contributed by atoms with van der Waals surface area (Å²) in [6.07, 6.45) is 4.26. The van der Waals surface area contributed by atoms with E-state index in [9.17, 15) is 5.11 Å². The molecule has 1 atom stereocenters. The summed E-state index contributed by atoms with van der Waals surface area (Å²) in [6.45, 7) is 2.23. The van der Waals surface area contributed by atoms with Gasteiger partial charge < -0.3 is 33.7 Å². The van der Waals surface area contributed by atoms with E-state index in [1.165, 1.54) is 6.07 Å². The topological polar surface area (TPSA) is 69.6 Å². The molecule has 1 spiro atoms. The van der Waals surface area contributed by atoms with Crippen LogP contribution in [-0.4, -0.2) is 52.4 Å². The fourth-order valence-corrected chi connectivity index (χ4v) is 7.15. The average Bonchev–Trinajstić information content (AvgIpc) is 3.00. The number of ether oxygens (including phenoxy) is 5. The number of methoxy groups -OCH3 is 3. The highest BCUT2D eigenvalue weighted by Crippen LogP contribution is 2.55. The maximum atomic E-state index is 15.8. The SMILES string of the molecule is COc1cc(N2CCC3(CC2)CC(C(OC)OC)C3)c(F)cc1C1(O)CCOc2cc(OCc3ccccc3)ccc21. The quantitative estimate of drug-likeness (QED) is 0.311. The van der Waals surface area contributed by atoms with Gasteiger partial charge in [0.1, 0.15) is 35.3 Å². The standard InChI is InChI=1S/C34H40FNO6/c1-38-30-19-29(36-14-11-33(12-15-36)20-24(21-33)32(39-2)40-3)28(35)18-27(30)34(37)13-16-41-31-17-25(9-10-26(31)34)42-22-23-7-5-4-6-8-23/h4-10,17-19,24,32,37H,11-16,20-22H2,1-3H3. The first-order valence-corrected chi connectivity index (χ1v) is 14.7. The Morgan fingerprint density at radius 2 is 1.69 bits per heavy atom. The Labute approximate surface area is 247 Å². The van der Waals surface area contributed by atoms with Gasteiger partial charge in [0.15, 0.2) is 6.29 Å². The number of halogens is 1. The van der Waals surface area contributed by atoms with Crippen LogP contribution in [0.5, 0.6) is 17.2 Å². The highest BCUT2D eigenvalue weighted by Gasteiger charge is 2.49. The maximum Gasteiger partial charge on any atom is 0.159 e. The minimum Gasteiger partial charge on any atom is -0.496 e. The van der Waals surface area contributed by atoms with E-state index in [0.717, 1.165) is 44.3 Å². The number of aliphatic hydroxyl groups is 1. The summed E-state index contributed by atoms with van der Waals surface area (Å²) in [5, 5.41) is 12.0. The van der Waals surface area contributed by atoms with Crippen molar-refractivity contribution in [2.24, 2.45) is 11.3 Å². The van der Waals surface area contributed by atoms with E-state index in [-0.39, 0.29) is 30.5 Å². The van der Waals surface area contributed by atoms with Crippen molar-refractivity contribution in [3.63, 3.8) is 0 Å². The minimum atomic E-state index is -1.47. The molecule has 3 aromatic rings. The van der Waals surface area contributed by atoms with Crippen LogP contribution in [0.3, 0.4) is 0 Å². The van der Waals surface area contributed by atoms with E-state index in [2.05, 4.69) is 4.90 Å². The van der Waals surface area contributed by atoms with Crippen LogP contribution in [0.1, 0.15) is 48.8 Å². The van der Waals surface area contributed by atoms with E-state index < -0.39 is 5.60 Å². The number of nitrogens with zero attached hydrogens (tertiary/aromatic N) is 1. The van der Waals surface area contributed by atoms with Gasteiger partial charge in [-0.15, -0.1) is 0 Å². The Morgan fingerprint density at radius 3 is 2.38 bits per heavy atom. The lowest BCUT2D eigenvalue weighted by Gasteiger charge is -2.54. The van der Waals surface area contributed by atoms with Gasteiger partial charge >= 0.3 is 0 Å². The van der Waals surface area contributed by atoms with E-state index in [1.54, 1.807) is 39.5 Å². The first-order valence-electron chi connectivity index (χ1n) is 14.7. The molecular weight excluding hydrogens is 537 g/mol. The van der Waals surface area contributed by atoms with Crippen molar-refractivity contribution in [1.29, 1.82) is 0 Å². The van der Waals surface area contributed by atoms with Crippen molar-refractivity contribution in [3.05, 3.63) is 83.2 Å². The zero-order valence-corrected chi connectivity index (χ0v) is 24.6. The van der Waals surface area contributed by atoms with Crippen molar-refractivity contribution < 1.29 is 33.2 Å². The molecule has 42 heavy (non-hydrogen) atoms. The van der Waals surface area contributed by atoms with Crippen LogP contribution in [0, 0.1) is 17.2 Å². The van der Waals surface area contributed by atoms with Gasteiger partial charge in [-0.25, -0.2) is 4.39 Å². The fraction of sp³-hybridized carbons (Fsp3) is 0.471. The van der Waals surface area contributed by atoms with Gasteiger partial charge in [0.2, 0.25) is 0 Å². The van der Waals surface area contributed by atoms with Crippen LogP contribution in [0.25, 0.3) is 0 Å². The van der Waals surface area contributed by atoms with E-state index >= 15 is 4.39 Å². The summed E-state index contributed by atoms with van der Waals surface area (Å²) in [5.74, 6) is 1.66. The van der Waals surface area contributed by atoms with Crippen molar-refractivity contribution in [2.75, 3.05) is 45.9 Å². The Kier molecular flexibility index (Phi) is 8.05. The molecule has 1 unspecified atom stereocenters. The molecule has 224 valence electrons. The molecule has 0 aromatic heterocycles. The second kappa shape index (κ2) is 11.7. The maximum absolute atomic E-state index is 15.8. The zero-order chi connectivity index (χ0) is 29.3. The summed E-state index contributed by atoms with van der Waals surface area (Å²) < 4.78 is 44.4. The summed E-state index contributed by atoms with van der Waals surface area (Å²) in [5.41, 5.74) is 1.34. The summed E-state index contributed by atoms with van der Waals surface area (Å²) in [7, 11) is 4.94. The van der Waals surface area contributed by atoms with Gasteiger partial charge in [-0.05, 0) is 54.9 Å². The lowest BCUT2D eigenvalue weighted by molar-refractivity contribution is -0.184. The Hall–Kier alpha value is -3.33. The second-order valence-corrected chi connectivity index (χ2v) is 11.9. The molecule has 3 aliphatic rings. The molecule has 0 bridgehead atoms. The number of hydrogen-bond donors (Lipinski definition) is 1. The highest BCUT2D eigenvalue weighted by molar-refractivity contribution is 5.60. The number of anilines is 1. The number of hydrogen-bond acceptors (Lipinski definition) is 7. The highest BCUT2D eigenvalue weighted by atomic mass is 19.1. The van der Waals surface area contributed by atoms with Crippen molar-refractivity contribution in [3.8, 4) is 17.2 Å². The molecular formula is C34H40FNO6. The monoisotopic (exact) mass is 577 g/mol. The molecule has 1 saturated carbocycles. The first kappa shape index (κ1) is 28.8. The molecule has 6 rings (SSSR count). The average molecular weight is 578 g/mol. The molecule has 7 nitrogen and oxygen atoms in total. The Morgan fingerprint density at radius 1 is 0.952 bits per heavy atom. The lowest BCUT2D eigenvalue weighted by Crippen LogP contribution is -2.50. The number of benzene rings is 3. The van der Waals surface area contributed by atoms with E-state index in [1.807, 2.05) is 36.4 Å². The van der Waals surface area contributed by atoms with Gasteiger partial charge in [-0.1, -0.05) is 30.3 Å². The van der Waals surface area contributed by atoms with Crippen LogP contribution in [0.4, 0.5) is 10.1 Å². The van der Waals surface area contributed by atoms with Crippen LogP contribution >= 0.6 is 0 Å². The van der Waals surface area contributed by atoms with Crippen molar-refractivity contribution in [1.82, 2.24) is 0 Å². The summed E-state index contributed by atoms with van der Waals surface area (Å²) >= 11 is 0. The smallest absolute Gasteiger partial charge is 0.159 e. The van der Waals surface area contributed by atoms with Gasteiger partial charge in [-0.3, -0.25) is 0 Å². The zero-order valence-electron chi connectivity index (χ0n) is 24.6. The van der Waals surface area contributed by atoms with E-state index in [4.69, 9.17) is 23.7 Å². The third kappa shape index (κ3) is 5.32. The predicted molar refractivity (Wildman–Crippen MR) is 158 cm³/mol. The molecule has 3 aromatic carbocycles. The second-order valence-electron chi connectivity index (χ2n) is 11.9. The Balaban J connectivity index is 1.19. The molecule has 8 heteroatoms. The molecule has 0 amide bonds. The van der Waals surface area contributed by atoms with Crippen LogP contribution in [0.2, 0.25) is 0 Å². The molecule has 0 radical (unpaired) electrons. The van der Waals surface area contributed by atoms with E-state index in [0.29, 0.717) is 46.6 Å². The normalized spacial score (nSPS) is 21.5. The fourth-order valence-electron chi connectivity index (χ4n) is 7.15. The minimum absolute atomic E-state index is 0.155. The van der Waals surface area contributed by atoms with Crippen LogP contribution in [0.15, 0.2) is 60.7 Å². The largest absolute Gasteiger partial charge is 0.496 e. The lowest BCUT2D eigenvalue weighted by atomic mass is 9.57. The molecule has 1 saturated heterocycles. The van der Waals surface area contributed by atoms with Gasteiger partial charge in [0.05, 0.1) is 19.4 Å². The summed E-state index contributed by atoms with van der Waals surface area (Å²) in [4.78, 5) is 2.10. The van der Waals surface area contributed by atoms with Crippen LogP contribution in [-0.2, 0) is 21.7 Å². The first-order chi connectivity index (χ1) is 20.4.